The maximum absolute atomic E-state index is 11.7. The van der Waals surface area contributed by atoms with Crippen molar-refractivity contribution >= 4 is 11.8 Å². The van der Waals surface area contributed by atoms with Crippen LogP contribution in [0.3, 0.4) is 0 Å². The van der Waals surface area contributed by atoms with E-state index in [4.69, 9.17) is 4.52 Å². The molecular weight excluding hydrogens is 294 g/mol. The second kappa shape index (κ2) is 6.78. The third kappa shape index (κ3) is 3.97. The molecule has 2 heterocycles. The Hall–Kier alpha value is -3.09. The van der Waals surface area contributed by atoms with E-state index in [0.29, 0.717) is 24.5 Å². The van der Waals surface area contributed by atoms with Crippen molar-refractivity contribution in [1.82, 2.24) is 20.3 Å². The van der Waals surface area contributed by atoms with E-state index in [1.165, 1.54) is 0 Å². The highest BCUT2D eigenvalue weighted by Gasteiger charge is 2.06. The van der Waals surface area contributed by atoms with Crippen molar-refractivity contribution in [1.29, 1.82) is 0 Å². The number of aromatic nitrogens is 3. The predicted molar refractivity (Wildman–Crippen MR) is 85.5 cm³/mol. The number of hydrogen-bond donors (Lipinski definition) is 2. The largest absolute Gasteiger partial charge is 0.360 e. The lowest BCUT2D eigenvalue weighted by molar-refractivity contribution is 0.252. The number of amides is 2. The first kappa shape index (κ1) is 14.8. The lowest BCUT2D eigenvalue weighted by Gasteiger charge is -2.03. The van der Waals surface area contributed by atoms with Crippen LogP contribution in [0.2, 0.25) is 0 Å². The molecule has 0 spiro atoms. The van der Waals surface area contributed by atoms with Gasteiger partial charge in [-0.15, -0.1) is 0 Å². The summed E-state index contributed by atoms with van der Waals surface area (Å²) in [6.45, 7) is 2.27. The summed E-state index contributed by atoms with van der Waals surface area (Å²) in [5.41, 5.74) is 2.05. The second-order valence-corrected chi connectivity index (χ2v) is 5.08. The number of nitrogens with one attached hydrogen (secondary N) is 2. The van der Waals surface area contributed by atoms with Gasteiger partial charge >= 0.3 is 6.03 Å². The van der Waals surface area contributed by atoms with Crippen LogP contribution in [0.4, 0.5) is 10.6 Å². The van der Waals surface area contributed by atoms with Gasteiger partial charge in [-0.3, -0.25) is 5.32 Å². The molecule has 0 saturated heterocycles. The molecule has 0 atom stereocenters. The van der Waals surface area contributed by atoms with Gasteiger partial charge in [-0.25, -0.2) is 9.48 Å². The van der Waals surface area contributed by atoms with Crippen LogP contribution >= 0.6 is 0 Å². The molecule has 2 amide bonds. The van der Waals surface area contributed by atoms with Crippen LogP contribution in [0.25, 0.3) is 5.69 Å². The number of nitrogens with zero attached hydrogens (tertiary/aromatic N) is 3. The average Bonchev–Trinajstić information content (AvgIpc) is 3.17. The summed E-state index contributed by atoms with van der Waals surface area (Å²) in [6, 6.07) is 11.2. The van der Waals surface area contributed by atoms with Gasteiger partial charge in [0.1, 0.15) is 5.76 Å². The average molecular weight is 311 g/mol. The maximum atomic E-state index is 11.7. The van der Waals surface area contributed by atoms with E-state index in [-0.39, 0.29) is 6.03 Å². The van der Waals surface area contributed by atoms with Crippen LogP contribution in [0.5, 0.6) is 0 Å². The molecule has 0 aliphatic rings. The zero-order chi connectivity index (χ0) is 16.1. The van der Waals surface area contributed by atoms with E-state index in [2.05, 4.69) is 20.9 Å². The number of benzene rings is 1. The van der Waals surface area contributed by atoms with Gasteiger partial charge in [0.25, 0.3) is 0 Å². The van der Waals surface area contributed by atoms with Crippen LogP contribution in [-0.2, 0) is 6.42 Å². The summed E-state index contributed by atoms with van der Waals surface area (Å²) < 4.78 is 6.69. The molecule has 0 unspecified atom stereocenters. The second-order valence-electron chi connectivity index (χ2n) is 5.08. The van der Waals surface area contributed by atoms with E-state index in [0.717, 1.165) is 11.3 Å². The Labute approximate surface area is 133 Å². The van der Waals surface area contributed by atoms with Crippen LogP contribution in [0.1, 0.15) is 11.3 Å². The molecule has 0 saturated carbocycles. The molecule has 3 rings (SSSR count). The summed E-state index contributed by atoms with van der Waals surface area (Å²) in [5.74, 6) is 1.05. The Balaban J connectivity index is 1.47. The first-order valence-electron chi connectivity index (χ1n) is 7.28. The molecule has 0 aliphatic heterocycles. The molecule has 0 fully saturated rings. The molecule has 2 N–H and O–H groups in total. The normalized spacial score (nSPS) is 10.5. The first-order chi connectivity index (χ1) is 11.2. The van der Waals surface area contributed by atoms with E-state index >= 15 is 0 Å². The Morgan fingerprint density at radius 2 is 2.13 bits per heavy atom. The molecule has 0 bridgehead atoms. The minimum Gasteiger partial charge on any atom is -0.360 e. The molecule has 1 aromatic carbocycles. The highest BCUT2D eigenvalue weighted by Crippen LogP contribution is 2.08. The lowest BCUT2D eigenvalue weighted by Crippen LogP contribution is -2.30. The SMILES string of the molecule is Cc1cc(NC(=O)NCCc2cnn(-c3ccccc3)c2)no1. The third-order valence-electron chi connectivity index (χ3n) is 3.23. The molecule has 7 nitrogen and oxygen atoms in total. The fourth-order valence-electron chi connectivity index (χ4n) is 2.12. The summed E-state index contributed by atoms with van der Waals surface area (Å²) in [4.78, 5) is 11.7. The van der Waals surface area contributed by atoms with Crippen molar-refractivity contribution < 1.29 is 9.32 Å². The Kier molecular flexibility index (Phi) is 4.37. The minimum absolute atomic E-state index is 0.311. The maximum Gasteiger partial charge on any atom is 0.320 e. The number of urea groups is 1. The number of rotatable bonds is 5. The van der Waals surface area contributed by atoms with Crippen molar-refractivity contribution in [3.63, 3.8) is 0 Å². The fourth-order valence-corrected chi connectivity index (χ4v) is 2.12. The van der Waals surface area contributed by atoms with Crippen LogP contribution in [-0.4, -0.2) is 27.5 Å². The number of aryl methyl sites for hydroxylation is 1. The molecule has 0 radical (unpaired) electrons. The number of para-hydroxylation sites is 1. The van der Waals surface area contributed by atoms with Crippen LogP contribution < -0.4 is 10.6 Å². The number of anilines is 1. The van der Waals surface area contributed by atoms with Crippen molar-refractivity contribution in [3.8, 4) is 5.69 Å². The van der Waals surface area contributed by atoms with Gasteiger partial charge in [0.05, 0.1) is 11.9 Å². The van der Waals surface area contributed by atoms with Gasteiger partial charge in [-0.05, 0) is 31.0 Å². The van der Waals surface area contributed by atoms with E-state index in [9.17, 15) is 4.79 Å². The van der Waals surface area contributed by atoms with Gasteiger partial charge < -0.3 is 9.84 Å². The number of carbonyl (C=O) groups is 1. The minimum atomic E-state index is -0.311. The Morgan fingerprint density at radius 1 is 1.30 bits per heavy atom. The van der Waals surface area contributed by atoms with Gasteiger partial charge in [0.2, 0.25) is 0 Å². The number of carbonyl (C=O) groups excluding carboxylic acids is 1. The van der Waals surface area contributed by atoms with Crippen molar-refractivity contribution in [3.05, 3.63) is 60.1 Å². The Bertz CT molecular complexity index is 779. The molecule has 7 heteroatoms. The van der Waals surface area contributed by atoms with Gasteiger partial charge in [-0.1, -0.05) is 23.4 Å². The molecule has 3 aromatic rings. The predicted octanol–water partition coefficient (Wildman–Crippen LogP) is 2.53. The van der Waals surface area contributed by atoms with Crippen LogP contribution in [0.15, 0.2) is 53.3 Å². The van der Waals surface area contributed by atoms with Gasteiger partial charge in [-0.2, -0.15) is 5.10 Å². The molecule has 2 aromatic heterocycles. The van der Waals surface area contributed by atoms with E-state index < -0.39 is 0 Å². The molecule has 118 valence electrons. The van der Waals surface area contributed by atoms with E-state index in [1.807, 2.05) is 41.2 Å². The molecule has 0 aliphatic carbocycles. The Morgan fingerprint density at radius 3 is 2.87 bits per heavy atom. The van der Waals surface area contributed by atoms with Gasteiger partial charge in [0, 0.05) is 18.8 Å². The highest BCUT2D eigenvalue weighted by molar-refractivity contribution is 5.88. The number of hydrogen-bond acceptors (Lipinski definition) is 4. The van der Waals surface area contributed by atoms with Crippen molar-refractivity contribution in [2.45, 2.75) is 13.3 Å². The summed E-state index contributed by atoms with van der Waals surface area (Å²) >= 11 is 0. The third-order valence-corrected chi connectivity index (χ3v) is 3.23. The molecular formula is C16H17N5O2. The summed E-state index contributed by atoms with van der Waals surface area (Å²) in [5, 5.41) is 13.4. The van der Waals surface area contributed by atoms with Crippen LogP contribution in [0, 0.1) is 6.92 Å². The fraction of sp³-hybridized carbons (Fsp3) is 0.188. The highest BCUT2D eigenvalue weighted by atomic mass is 16.5. The quantitative estimate of drug-likeness (QED) is 0.758. The van der Waals surface area contributed by atoms with E-state index in [1.54, 1.807) is 19.2 Å². The topological polar surface area (TPSA) is 85.0 Å². The monoisotopic (exact) mass is 311 g/mol. The smallest absolute Gasteiger partial charge is 0.320 e. The summed E-state index contributed by atoms with van der Waals surface area (Å²) in [7, 11) is 0. The van der Waals surface area contributed by atoms with Crippen molar-refractivity contribution in [2.75, 3.05) is 11.9 Å². The summed E-state index contributed by atoms with van der Waals surface area (Å²) in [6.07, 6.45) is 4.45. The van der Waals surface area contributed by atoms with Gasteiger partial charge in [0.15, 0.2) is 5.82 Å². The van der Waals surface area contributed by atoms with Crippen molar-refractivity contribution in [2.24, 2.45) is 0 Å². The zero-order valence-corrected chi connectivity index (χ0v) is 12.7. The zero-order valence-electron chi connectivity index (χ0n) is 12.7. The molecule has 23 heavy (non-hydrogen) atoms. The lowest BCUT2D eigenvalue weighted by atomic mass is 10.2. The standard InChI is InChI=1S/C16H17N5O2/c1-12-9-15(20-23-12)19-16(22)17-8-7-13-10-18-21(11-13)14-5-3-2-4-6-14/h2-6,9-11H,7-8H2,1H3,(H2,17,19,20,22). The first-order valence-corrected chi connectivity index (χ1v) is 7.28.